The molecule has 84 valence electrons. The Kier molecular flexibility index (Phi) is 2.01. The smallest absolute Gasteiger partial charge is 0.272 e. The lowest BCUT2D eigenvalue weighted by Gasteiger charge is -2.02. The van der Waals surface area contributed by atoms with Crippen LogP contribution in [0, 0.1) is 0 Å². The first-order valence-electron chi connectivity index (χ1n) is 5.23. The molecular weight excluding hydrogens is 216 g/mol. The van der Waals surface area contributed by atoms with E-state index in [1.807, 2.05) is 30.3 Å². The van der Waals surface area contributed by atoms with Gasteiger partial charge in [0.1, 0.15) is 11.3 Å². The molecule has 0 saturated heterocycles. The highest BCUT2D eigenvalue weighted by molar-refractivity contribution is 5.61. The van der Waals surface area contributed by atoms with E-state index in [-0.39, 0.29) is 11.3 Å². The van der Waals surface area contributed by atoms with Gasteiger partial charge in [0.25, 0.3) is 5.56 Å². The molecule has 0 bridgehead atoms. The van der Waals surface area contributed by atoms with Crippen LogP contribution in [0.3, 0.4) is 0 Å². The first-order valence-corrected chi connectivity index (χ1v) is 5.23. The fourth-order valence-electron chi connectivity index (χ4n) is 1.88. The van der Waals surface area contributed by atoms with Crippen molar-refractivity contribution in [2.24, 2.45) is 0 Å². The zero-order valence-electron chi connectivity index (χ0n) is 8.92. The van der Waals surface area contributed by atoms with Crippen LogP contribution in [0.25, 0.3) is 16.8 Å². The molecule has 4 nitrogen and oxygen atoms in total. The minimum absolute atomic E-state index is 0.0840. The summed E-state index contributed by atoms with van der Waals surface area (Å²) in [5, 5.41) is 9.37. The van der Waals surface area contributed by atoms with E-state index in [1.54, 1.807) is 10.6 Å². The van der Waals surface area contributed by atoms with E-state index in [1.165, 1.54) is 12.3 Å². The molecule has 0 aliphatic rings. The number of aromatic amines is 1. The normalized spacial score (nSPS) is 10.8. The number of H-pyrrole nitrogens is 1. The molecular formula is C13H10N2O2. The van der Waals surface area contributed by atoms with E-state index in [2.05, 4.69) is 4.98 Å². The molecule has 0 aliphatic heterocycles. The fourth-order valence-corrected chi connectivity index (χ4v) is 1.88. The standard InChI is InChI=1S/C13H10N2O2/c16-10-6-12-13(17)14-11(8-15(12)7-10)9-4-2-1-3-5-9/h1-8,16H,(H,14,17). The molecule has 17 heavy (non-hydrogen) atoms. The van der Waals surface area contributed by atoms with Crippen LogP contribution < -0.4 is 5.56 Å². The number of nitrogens with one attached hydrogen (secondary N) is 1. The van der Waals surface area contributed by atoms with E-state index in [4.69, 9.17) is 0 Å². The van der Waals surface area contributed by atoms with E-state index in [9.17, 15) is 9.90 Å². The molecule has 2 aromatic heterocycles. The summed E-state index contributed by atoms with van der Waals surface area (Å²) in [5.74, 6) is 0.0840. The van der Waals surface area contributed by atoms with Crippen molar-refractivity contribution in [3.05, 3.63) is 59.1 Å². The number of hydrogen-bond acceptors (Lipinski definition) is 2. The highest BCUT2D eigenvalue weighted by atomic mass is 16.3. The lowest BCUT2D eigenvalue weighted by molar-refractivity contribution is 0.476. The van der Waals surface area contributed by atoms with Crippen LogP contribution in [0.4, 0.5) is 0 Å². The van der Waals surface area contributed by atoms with Gasteiger partial charge in [0.15, 0.2) is 0 Å². The average Bonchev–Trinajstić information content (AvgIpc) is 2.71. The molecule has 1 aromatic carbocycles. The number of fused-ring (bicyclic) bond motifs is 1. The summed E-state index contributed by atoms with van der Waals surface area (Å²) in [5.41, 5.74) is 1.87. The molecule has 0 aliphatic carbocycles. The van der Waals surface area contributed by atoms with Crippen molar-refractivity contribution < 1.29 is 5.11 Å². The van der Waals surface area contributed by atoms with Gasteiger partial charge in [0.2, 0.25) is 0 Å². The first kappa shape index (κ1) is 9.72. The van der Waals surface area contributed by atoms with E-state index >= 15 is 0 Å². The van der Waals surface area contributed by atoms with E-state index in [0.29, 0.717) is 5.52 Å². The second-order valence-corrected chi connectivity index (χ2v) is 3.85. The molecule has 2 N–H and O–H groups in total. The van der Waals surface area contributed by atoms with E-state index < -0.39 is 0 Å². The maximum absolute atomic E-state index is 11.8. The maximum Gasteiger partial charge on any atom is 0.272 e. The lowest BCUT2D eigenvalue weighted by Crippen LogP contribution is -2.09. The van der Waals surface area contributed by atoms with Crippen molar-refractivity contribution in [1.82, 2.24) is 9.38 Å². The van der Waals surface area contributed by atoms with Gasteiger partial charge in [0, 0.05) is 12.3 Å². The Morgan fingerprint density at radius 1 is 1.12 bits per heavy atom. The molecule has 3 aromatic rings. The van der Waals surface area contributed by atoms with Crippen LogP contribution in [0.5, 0.6) is 5.75 Å². The van der Waals surface area contributed by atoms with Crippen molar-refractivity contribution in [2.45, 2.75) is 0 Å². The van der Waals surface area contributed by atoms with E-state index in [0.717, 1.165) is 11.3 Å². The molecule has 0 fully saturated rings. The summed E-state index contributed by atoms with van der Waals surface area (Å²) in [7, 11) is 0. The SMILES string of the molecule is O=c1[nH]c(-c2ccccc2)cn2cc(O)cc12. The number of aromatic nitrogens is 2. The number of hydrogen-bond donors (Lipinski definition) is 2. The molecule has 0 unspecified atom stereocenters. The number of nitrogens with zero attached hydrogens (tertiary/aromatic N) is 1. The second-order valence-electron chi connectivity index (χ2n) is 3.85. The average molecular weight is 226 g/mol. The van der Waals surface area contributed by atoms with Gasteiger partial charge in [-0.1, -0.05) is 30.3 Å². The number of benzene rings is 1. The van der Waals surface area contributed by atoms with Gasteiger partial charge in [0.05, 0.1) is 11.9 Å². The molecule has 3 rings (SSSR count). The Hall–Kier alpha value is -2.49. The van der Waals surface area contributed by atoms with Gasteiger partial charge in [-0.15, -0.1) is 0 Å². The van der Waals surface area contributed by atoms with Gasteiger partial charge in [-0.05, 0) is 5.56 Å². The van der Waals surface area contributed by atoms with Crippen LogP contribution in [0.15, 0.2) is 53.6 Å². The van der Waals surface area contributed by atoms with Crippen molar-refractivity contribution >= 4 is 5.52 Å². The Labute approximate surface area is 96.8 Å². The summed E-state index contributed by atoms with van der Waals surface area (Å²) in [6.07, 6.45) is 3.29. The van der Waals surface area contributed by atoms with Crippen LogP contribution in [0.1, 0.15) is 0 Å². The van der Waals surface area contributed by atoms with Gasteiger partial charge < -0.3 is 14.5 Å². The Balaban J connectivity index is 2.29. The largest absolute Gasteiger partial charge is 0.506 e. The molecule has 0 amide bonds. The monoisotopic (exact) mass is 226 g/mol. The number of rotatable bonds is 1. The quantitative estimate of drug-likeness (QED) is 0.666. The number of aromatic hydroxyl groups is 1. The molecule has 2 heterocycles. The molecule has 0 atom stereocenters. The first-order chi connectivity index (χ1) is 8.24. The second kappa shape index (κ2) is 3.52. The Morgan fingerprint density at radius 2 is 1.88 bits per heavy atom. The zero-order valence-corrected chi connectivity index (χ0v) is 8.92. The minimum Gasteiger partial charge on any atom is -0.506 e. The third-order valence-corrected chi connectivity index (χ3v) is 2.67. The Morgan fingerprint density at radius 3 is 2.65 bits per heavy atom. The third kappa shape index (κ3) is 1.59. The summed E-state index contributed by atoms with van der Waals surface area (Å²) in [4.78, 5) is 14.6. The topological polar surface area (TPSA) is 57.5 Å². The van der Waals surface area contributed by atoms with Crippen molar-refractivity contribution in [3.8, 4) is 17.0 Å². The van der Waals surface area contributed by atoms with Gasteiger partial charge >= 0.3 is 0 Å². The predicted octanol–water partition coefficient (Wildman–Crippen LogP) is 2.00. The van der Waals surface area contributed by atoms with Crippen molar-refractivity contribution in [2.75, 3.05) is 0 Å². The van der Waals surface area contributed by atoms with Crippen LogP contribution >= 0.6 is 0 Å². The highest BCUT2D eigenvalue weighted by Crippen LogP contribution is 2.18. The maximum atomic E-state index is 11.8. The lowest BCUT2D eigenvalue weighted by atomic mass is 10.2. The molecule has 0 saturated carbocycles. The summed E-state index contributed by atoms with van der Waals surface area (Å²) < 4.78 is 1.62. The fraction of sp³-hybridized carbons (Fsp3) is 0. The zero-order chi connectivity index (χ0) is 11.8. The van der Waals surface area contributed by atoms with Crippen molar-refractivity contribution in [1.29, 1.82) is 0 Å². The van der Waals surface area contributed by atoms with Gasteiger partial charge in [-0.3, -0.25) is 4.79 Å². The third-order valence-electron chi connectivity index (χ3n) is 2.67. The van der Waals surface area contributed by atoms with Crippen LogP contribution in [-0.4, -0.2) is 14.5 Å². The molecule has 0 radical (unpaired) electrons. The summed E-state index contributed by atoms with van der Waals surface area (Å²) in [6.45, 7) is 0. The minimum atomic E-state index is -0.216. The van der Waals surface area contributed by atoms with Crippen LogP contribution in [0.2, 0.25) is 0 Å². The predicted molar refractivity (Wildman–Crippen MR) is 65.1 cm³/mol. The molecule has 0 spiro atoms. The Bertz CT molecular complexity index is 726. The van der Waals surface area contributed by atoms with Gasteiger partial charge in [-0.25, -0.2) is 0 Å². The van der Waals surface area contributed by atoms with Crippen LogP contribution in [-0.2, 0) is 0 Å². The summed E-state index contributed by atoms with van der Waals surface area (Å²) >= 11 is 0. The highest BCUT2D eigenvalue weighted by Gasteiger charge is 2.05. The summed E-state index contributed by atoms with van der Waals surface area (Å²) in [6, 6.07) is 11.0. The molecule has 4 heteroatoms. The van der Waals surface area contributed by atoms with Crippen molar-refractivity contribution in [3.63, 3.8) is 0 Å². The van der Waals surface area contributed by atoms with Gasteiger partial charge in [-0.2, -0.15) is 0 Å².